The predicted molar refractivity (Wildman–Crippen MR) is 274 cm³/mol. The summed E-state index contributed by atoms with van der Waals surface area (Å²) in [7, 11) is 1.42. The van der Waals surface area contributed by atoms with E-state index < -0.39 is 108 Å². The van der Waals surface area contributed by atoms with Gasteiger partial charge in [-0.25, -0.2) is 0 Å². The molecule has 25 nitrogen and oxygen atoms in total. The van der Waals surface area contributed by atoms with Gasteiger partial charge in [-0.05, 0) is 81.9 Å². The highest BCUT2D eigenvalue weighted by Gasteiger charge is 2.39. The van der Waals surface area contributed by atoms with Crippen molar-refractivity contribution in [3.05, 3.63) is 29.8 Å². The van der Waals surface area contributed by atoms with Crippen LogP contribution in [0.1, 0.15) is 106 Å². The molecular weight excluding hydrogens is 963 g/mol. The molecular formula is C49H81N13O12. The number of aliphatic imine (C=N–C) groups is 1. The van der Waals surface area contributed by atoms with Gasteiger partial charge in [-0.3, -0.25) is 52.9 Å². The van der Waals surface area contributed by atoms with Crippen molar-refractivity contribution in [3.8, 4) is 5.75 Å². The summed E-state index contributed by atoms with van der Waals surface area (Å²) in [4.78, 5) is 141. The summed E-state index contributed by atoms with van der Waals surface area (Å²) in [5, 5.41) is 41.7. The number of nitrogens with zero attached hydrogens (tertiary/aromatic N) is 3. The number of hydrogen-bond donors (Lipinski definition) is 12. The quantitative estimate of drug-likeness (QED) is 0.0216. The molecule has 74 heavy (non-hydrogen) atoms. The van der Waals surface area contributed by atoms with Crippen LogP contribution in [0.3, 0.4) is 0 Å². The molecule has 1 aromatic rings. The monoisotopic (exact) mass is 1040 g/mol. The van der Waals surface area contributed by atoms with Gasteiger partial charge >= 0.3 is 0 Å². The SMILES string of the molecule is CCC[C@H](NC(=O)[C@@H](NC(=O)[C@@H](CC(C)C)NC(=O)[C@@H](NC(=O)CNC(=O)CN(C)C(C)=O)C(C)C)[C@@H](C)O)C(=O)N[C@@H](Cc1ccc(O)cc1)C(=O)N[C@@H](CCCN=C(N)N)C(=O)N1CCC[C@H]1C(=O)NCC. The smallest absolute Gasteiger partial charge is 0.245 e. The van der Waals surface area contributed by atoms with Crippen LogP contribution < -0.4 is 54.0 Å². The van der Waals surface area contributed by atoms with Gasteiger partial charge in [-0.1, -0.05) is 53.2 Å². The first-order chi connectivity index (χ1) is 34.8. The number of benzene rings is 1. The van der Waals surface area contributed by atoms with Crippen LogP contribution in [0, 0.1) is 11.8 Å². The fourth-order valence-electron chi connectivity index (χ4n) is 7.94. The van der Waals surface area contributed by atoms with E-state index in [0.717, 1.165) is 4.90 Å². The molecule has 0 bridgehead atoms. The highest BCUT2D eigenvalue weighted by atomic mass is 16.3. The predicted octanol–water partition coefficient (Wildman–Crippen LogP) is -2.50. The van der Waals surface area contributed by atoms with Crippen LogP contribution in [0.5, 0.6) is 5.75 Å². The fourth-order valence-corrected chi connectivity index (χ4v) is 7.94. The van der Waals surface area contributed by atoms with E-state index in [2.05, 4.69) is 47.5 Å². The van der Waals surface area contributed by atoms with E-state index >= 15 is 0 Å². The molecule has 1 saturated heterocycles. The third-order valence-corrected chi connectivity index (χ3v) is 12.0. The number of aliphatic hydroxyl groups excluding tert-OH is 1. The Labute approximate surface area is 433 Å². The molecule has 414 valence electrons. The van der Waals surface area contributed by atoms with E-state index in [9.17, 15) is 58.2 Å². The topological polar surface area (TPSA) is 378 Å². The van der Waals surface area contributed by atoms with Gasteiger partial charge in [0.15, 0.2) is 5.96 Å². The molecule has 0 aromatic heterocycles. The van der Waals surface area contributed by atoms with Gasteiger partial charge in [0.1, 0.15) is 48.0 Å². The molecule has 8 atom stereocenters. The number of carbonyl (C=O) groups is 10. The van der Waals surface area contributed by atoms with Gasteiger partial charge < -0.3 is 74.0 Å². The van der Waals surface area contributed by atoms with Crippen LogP contribution in [-0.2, 0) is 54.4 Å². The van der Waals surface area contributed by atoms with Crippen molar-refractivity contribution in [2.75, 3.05) is 39.8 Å². The molecule has 0 spiro atoms. The molecule has 0 saturated carbocycles. The normalized spacial score (nSPS) is 15.9. The van der Waals surface area contributed by atoms with E-state index in [1.165, 1.54) is 50.1 Å². The molecule has 0 unspecified atom stereocenters. The first-order valence-corrected chi connectivity index (χ1v) is 25.2. The molecule has 2 rings (SSSR count). The van der Waals surface area contributed by atoms with Crippen molar-refractivity contribution >= 4 is 65.0 Å². The number of carbonyl (C=O) groups excluding carboxylic acids is 10. The number of nitrogens with one attached hydrogen (secondary N) is 8. The molecule has 1 heterocycles. The second-order valence-electron chi connectivity index (χ2n) is 19.2. The second-order valence-corrected chi connectivity index (χ2v) is 19.2. The van der Waals surface area contributed by atoms with Crippen molar-refractivity contribution in [1.29, 1.82) is 0 Å². The molecule has 1 fully saturated rings. The number of aromatic hydroxyl groups is 1. The first kappa shape index (κ1) is 63.1. The maximum Gasteiger partial charge on any atom is 0.245 e. The Bertz CT molecular complexity index is 2120. The van der Waals surface area contributed by atoms with E-state index in [1.54, 1.807) is 41.5 Å². The lowest BCUT2D eigenvalue weighted by atomic mass is 9.99. The summed E-state index contributed by atoms with van der Waals surface area (Å²) in [6, 6.07) is -2.91. The van der Waals surface area contributed by atoms with Crippen LogP contribution in [0.4, 0.5) is 0 Å². The second kappa shape index (κ2) is 31.5. The van der Waals surface area contributed by atoms with Crippen LogP contribution >= 0.6 is 0 Å². The zero-order chi connectivity index (χ0) is 55.8. The molecule has 1 aliphatic rings. The van der Waals surface area contributed by atoms with E-state index in [4.69, 9.17) is 11.5 Å². The number of aliphatic hydroxyl groups is 1. The van der Waals surface area contributed by atoms with Crippen LogP contribution in [-0.4, -0.2) is 173 Å². The molecule has 25 heteroatoms. The standard InChI is InChI=1S/C49H81N13O12/c1-10-14-33(55-47(73)41(29(7)63)60-44(70)35(23-27(3)4)58-46(72)40(28(5)6)59-38(66)25-54-39(67)26-61(9)30(8)64)42(68)57-36(24-31-17-19-32(65)20-18-31)43(69)56-34(15-12-21-53-49(50)51)48(74)62-22-13-16-37(62)45(71)52-11-2/h17-20,27-29,33-37,40-41,63,65H,10-16,21-26H2,1-9H3,(H,52,71)(H,54,67)(H,55,73)(H,56,69)(H,57,68)(H,58,72)(H,59,66)(H,60,70)(H4,50,51,53)/t29-,33+,34+,35-,36+,37+,40+,41+/m1/s1. The summed E-state index contributed by atoms with van der Waals surface area (Å²) in [5.74, 6) is -7.63. The van der Waals surface area contributed by atoms with Gasteiger partial charge in [0, 0.05) is 40.0 Å². The summed E-state index contributed by atoms with van der Waals surface area (Å²) < 4.78 is 0. The highest BCUT2D eigenvalue weighted by Crippen LogP contribution is 2.21. The average Bonchev–Trinajstić information content (AvgIpc) is 3.82. The zero-order valence-corrected chi connectivity index (χ0v) is 44.2. The van der Waals surface area contributed by atoms with Crippen LogP contribution in [0.25, 0.3) is 0 Å². The number of amides is 10. The molecule has 1 aromatic carbocycles. The molecule has 14 N–H and O–H groups in total. The lowest BCUT2D eigenvalue weighted by Crippen LogP contribution is -2.62. The largest absolute Gasteiger partial charge is 0.508 e. The lowest BCUT2D eigenvalue weighted by molar-refractivity contribution is -0.142. The number of likely N-dealkylation sites (N-methyl/N-ethyl adjacent to an activating group) is 2. The number of hydrogen-bond acceptors (Lipinski definition) is 13. The number of phenolic OH excluding ortho intramolecular Hbond substituents is 1. The fraction of sp³-hybridized carbons (Fsp3) is 0.653. The highest BCUT2D eigenvalue weighted by molar-refractivity contribution is 5.98. The Morgan fingerprint density at radius 2 is 1.32 bits per heavy atom. The van der Waals surface area contributed by atoms with E-state index in [-0.39, 0.29) is 81.2 Å². The van der Waals surface area contributed by atoms with Gasteiger partial charge in [0.2, 0.25) is 59.1 Å². The third kappa shape index (κ3) is 21.6. The maximum atomic E-state index is 14.4. The van der Waals surface area contributed by atoms with Crippen molar-refractivity contribution < 1.29 is 58.2 Å². The minimum atomic E-state index is -1.66. The van der Waals surface area contributed by atoms with Crippen LogP contribution in [0.15, 0.2) is 29.3 Å². The Morgan fingerprint density at radius 3 is 1.89 bits per heavy atom. The summed E-state index contributed by atoms with van der Waals surface area (Å²) in [6.45, 7) is 12.8. The molecule has 1 aliphatic heterocycles. The van der Waals surface area contributed by atoms with Crippen molar-refractivity contribution in [2.45, 2.75) is 155 Å². The number of nitrogens with two attached hydrogens (primary N) is 2. The number of phenols is 1. The lowest BCUT2D eigenvalue weighted by Gasteiger charge is -2.30. The minimum Gasteiger partial charge on any atom is -0.508 e. The Kier molecular flexibility index (Phi) is 26.9. The number of rotatable bonds is 30. The van der Waals surface area contributed by atoms with Crippen molar-refractivity contribution in [2.24, 2.45) is 28.3 Å². The summed E-state index contributed by atoms with van der Waals surface area (Å²) in [5.41, 5.74) is 11.5. The first-order valence-electron chi connectivity index (χ1n) is 25.2. The van der Waals surface area contributed by atoms with Crippen molar-refractivity contribution in [3.63, 3.8) is 0 Å². The maximum absolute atomic E-state index is 14.4. The molecule has 0 aliphatic carbocycles. The van der Waals surface area contributed by atoms with Crippen LogP contribution in [0.2, 0.25) is 0 Å². The number of guanidine groups is 1. The Hall–Kier alpha value is -7.05. The van der Waals surface area contributed by atoms with Gasteiger partial charge in [0.05, 0.1) is 19.2 Å². The van der Waals surface area contributed by atoms with E-state index in [1.807, 2.05) is 0 Å². The van der Waals surface area contributed by atoms with Gasteiger partial charge in [-0.2, -0.15) is 0 Å². The average molecular weight is 1040 g/mol. The van der Waals surface area contributed by atoms with E-state index in [0.29, 0.717) is 31.4 Å². The van der Waals surface area contributed by atoms with Crippen molar-refractivity contribution in [1.82, 2.24) is 52.3 Å². The molecule has 10 amide bonds. The minimum absolute atomic E-state index is 0.0289. The number of likely N-dealkylation sites (tertiary alicyclic amines) is 1. The Morgan fingerprint density at radius 1 is 0.743 bits per heavy atom. The Balaban J connectivity index is 2.37. The zero-order valence-electron chi connectivity index (χ0n) is 44.2. The third-order valence-electron chi connectivity index (χ3n) is 12.0. The molecule has 0 radical (unpaired) electrons. The van der Waals surface area contributed by atoms with Gasteiger partial charge in [-0.15, -0.1) is 0 Å². The summed E-state index contributed by atoms with van der Waals surface area (Å²) >= 11 is 0. The summed E-state index contributed by atoms with van der Waals surface area (Å²) in [6.07, 6.45) is 0.0294. The van der Waals surface area contributed by atoms with Gasteiger partial charge in [0.25, 0.3) is 0 Å².